The van der Waals surface area contributed by atoms with Crippen LogP contribution in [0.5, 0.6) is 5.75 Å². The number of ketones is 1. The van der Waals surface area contributed by atoms with Crippen molar-refractivity contribution in [2.24, 2.45) is 0 Å². The van der Waals surface area contributed by atoms with Crippen LogP contribution >= 0.6 is 0 Å². The molecule has 0 amide bonds. The average molecular weight is 259 g/mol. The van der Waals surface area contributed by atoms with Crippen molar-refractivity contribution in [2.45, 2.75) is 38.1 Å². The van der Waals surface area contributed by atoms with E-state index >= 15 is 0 Å². The molecule has 1 aromatic rings. The van der Waals surface area contributed by atoms with Crippen LogP contribution in [0.25, 0.3) is 0 Å². The van der Waals surface area contributed by atoms with Crippen molar-refractivity contribution in [1.29, 1.82) is 0 Å². The highest BCUT2D eigenvalue weighted by Crippen LogP contribution is 2.26. The molecule has 0 unspecified atom stereocenters. The minimum Gasteiger partial charge on any atom is -0.493 e. The molecule has 0 saturated heterocycles. The summed E-state index contributed by atoms with van der Waals surface area (Å²) in [6.45, 7) is 1.28. The number of fused-ring (bicyclic) bond motifs is 1. The van der Waals surface area contributed by atoms with Crippen LogP contribution in [0.15, 0.2) is 18.2 Å². The van der Waals surface area contributed by atoms with E-state index in [1.165, 1.54) is 31.2 Å². The highest BCUT2D eigenvalue weighted by atomic mass is 16.5. The molecule has 102 valence electrons. The van der Waals surface area contributed by atoms with E-state index < -0.39 is 0 Å². The smallest absolute Gasteiger partial charge is 0.176 e. The van der Waals surface area contributed by atoms with Gasteiger partial charge in [0.05, 0.1) is 13.2 Å². The van der Waals surface area contributed by atoms with Crippen LogP contribution in [-0.2, 0) is 6.42 Å². The van der Waals surface area contributed by atoms with Crippen molar-refractivity contribution in [3.8, 4) is 5.75 Å². The van der Waals surface area contributed by atoms with Gasteiger partial charge in [-0.15, -0.1) is 0 Å². The molecule has 1 aromatic carbocycles. The van der Waals surface area contributed by atoms with Gasteiger partial charge in [-0.1, -0.05) is 12.8 Å². The maximum atomic E-state index is 12.3. The molecular weight excluding hydrogens is 238 g/mol. The predicted molar refractivity (Wildman–Crippen MR) is 74.9 cm³/mol. The Labute approximate surface area is 114 Å². The first-order chi connectivity index (χ1) is 9.24. The number of likely N-dealkylation sites (N-methyl/N-ethyl adjacent to an activating group) is 1. The summed E-state index contributed by atoms with van der Waals surface area (Å²) in [4.78, 5) is 14.6. The minimum absolute atomic E-state index is 0.226. The summed E-state index contributed by atoms with van der Waals surface area (Å²) in [5.74, 6) is 1.17. The average Bonchev–Trinajstić information content (AvgIpc) is 3.09. The minimum atomic E-state index is 0.226. The molecule has 0 aromatic heterocycles. The van der Waals surface area contributed by atoms with E-state index in [2.05, 4.69) is 11.9 Å². The summed E-state index contributed by atoms with van der Waals surface area (Å²) >= 11 is 0. The first kappa shape index (κ1) is 12.7. The number of benzene rings is 1. The Balaban J connectivity index is 1.66. The molecule has 0 radical (unpaired) electrons. The fourth-order valence-electron chi connectivity index (χ4n) is 3.15. The zero-order valence-electron chi connectivity index (χ0n) is 11.5. The monoisotopic (exact) mass is 259 g/mol. The summed E-state index contributed by atoms with van der Waals surface area (Å²) in [5.41, 5.74) is 2.00. The number of hydrogen-bond acceptors (Lipinski definition) is 3. The largest absolute Gasteiger partial charge is 0.493 e. The first-order valence-corrected chi connectivity index (χ1v) is 7.23. The molecule has 1 heterocycles. The van der Waals surface area contributed by atoms with Crippen molar-refractivity contribution in [3.05, 3.63) is 29.3 Å². The highest BCUT2D eigenvalue weighted by molar-refractivity contribution is 5.98. The second kappa shape index (κ2) is 5.33. The molecule has 0 bridgehead atoms. The molecule has 2 aliphatic rings. The lowest BCUT2D eigenvalue weighted by Gasteiger charge is -2.23. The lowest BCUT2D eigenvalue weighted by atomic mass is 10.0. The maximum absolute atomic E-state index is 12.3. The fraction of sp³-hybridized carbons (Fsp3) is 0.562. The topological polar surface area (TPSA) is 29.5 Å². The molecule has 3 rings (SSSR count). The van der Waals surface area contributed by atoms with Gasteiger partial charge in [0.2, 0.25) is 0 Å². The van der Waals surface area contributed by atoms with Crippen molar-refractivity contribution < 1.29 is 9.53 Å². The van der Waals surface area contributed by atoms with Crippen LogP contribution in [0.4, 0.5) is 0 Å². The van der Waals surface area contributed by atoms with E-state index in [1.807, 2.05) is 18.2 Å². The van der Waals surface area contributed by atoms with Gasteiger partial charge in [-0.25, -0.2) is 0 Å². The Morgan fingerprint density at radius 2 is 2.16 bits per heavy atom. The Hall–Kier alpha value is -1.35. The van der Waals surface area contributed by atoms with Crippen LogP contribution < -0.4 is 4.74 Å². The Kier molecular flexibility index (Phi) is 3.56. The second-order valence-electron chi connectivity index (χ2n) is 5.70. The molecule has 0 atom stereocenters. The summed E-state index contributed by atoms with van der Waals surface area (Å²) < 4.78 is 5.47. The SMILES string of the molecule is CN(CC(=O)c1ccc2c(c1)CCO2)C1CCCC1. The molecular formula is C16H21NO2. The van der Waals surface area contributed by atoms with Crippen LogP contribution in [-0.4, -0.2) is 36.9 Å². The van der Waals surface area contributed by atoms with Crippen molar-refractivity contribution in [1.82, 2.24) is 4.90 Å². The van der Waals surface area contributed by atoms with Gasteiger partial charge >= 0.3 is 0 Å². The van der Waals surface area contributed by atoms with Gasteiger partial charge in [0, 0.05) is 18.0 Å². The summed E-state index contributed by atoms with van der Waals surface area (Å²) in [6.07, 6.45) is 6.01. The van der Waals surface area contributed by atoms with Crippen molar-refractivity contribution in [2.75, 3.05) is 20.2 Å². The Morgan fingerprint density at radius 1 is 1.37 bits per heavy atom. The van der Waals surface area contributed by atoms with Crippen LogP contribution in [0.2, 0.25) is 0 Å². The van der Waals surface area contributed by atoms with Crippen molar-refractivity contribution >= 4 is 5.78 Å². The lowest BCUT2D eigenvalue weighted by Crippen LogP contribution is -2.34. The number of Topliss-reactive ketones (excluding diaryl/α,β-unsaturated/α-hetero) is 1. The Morgan fingerprint density at radius 3 is 2.95 bits per heavy atom. The standard InChI is InChI=1S/C16H21NO2/c1-17(14-4-2-3-5-14)11-15(18)12-6-7-16-13(10-12)8-9-19-16/h6-7,10,14H,2-5,8-9,11H2,1H3. The van der Waals surface area contributed by atoms with E-state index in [-0.39, 0.29) is 5.78 Å². The highest BCUT2D eigenvalue weighted by Gasteiger charge is 2.22. The number of nitrogens with zero attached hydrogens (tertiary/aromatic N) is 1. The molecule has 0 spiro atoms. The van der Waals surface area contributed by atoms with Crippen LogP contribution in [0.1, 0.15) is 41.6 Å². The molecule has 3 nitrogen and oxygen atoms in total. The quantitative estimate of drug-likeness (QED) is 0.779. The number of ether oxygens (including phenoxy) is 1. The molecule has 1 saturated carbocycles. The third kappa shape index (κ3) is 2.66. The van der Waals surface area contributed by atoms with E-state index in [0.29, 0.717) is 12.6 Å². The normalized spacial score (nSPS) is 18.6. The summed E-state index contributed by atoms with van der Waals surface area (Å²) in [7, 11) is 2.07. The molecule has 19 heavy (non-hydrogen) atoms. The summed E-state index contributed by atoms with van der Waals surface area (Å²) in [5, 5.41) is 0. The van der Waals surface area contributed by atoms with Crippen molar-refractivity contribution in [3.63, 3.8) is 0 Å². The van der Waals surface area contributed by atoms with Gasteiger partial charge in [-0.05, 0) is 43.7 Å². The van der Waals surface area contributed by atoms with Gasteiger partial charge in [-0.2, -0.15) is 0 Å². The third-order valence-electron chi connectivity index (χ3n) is 4.35. The molecule has 1 aliphatic carbocycles. The zero-order valence-corrected chi connectivity index (χ0v) is 11.5. The van der Waals surface area contributed by atoms with Gasteiger partial charge in [0.1, 0.15) is 5.75 Å². The summed E-state index contributed by atoms with van der Waals surface area (Å²) in [6, 6.07) is 6.44. The van der Waals surface area contributed by atoms with E-state index in [4.69, 9.17) is 4.74 Å². The zero-order chi connectivity index (χ0) is 13.2. The molecule has 1 aliphatic heterocycles. The second-order valence-corrected chi connectivity index (χ2v) is 5.70. The Bertz CT molecular complexity index is 478. The third-order valence-corrected chi connectivity index (χ3v) is 4.35. The van der Waals surface area contributed by atoms with E-state index in [9.17, 15) is 4.79 Å². The number of carbonyl (C=O) groups excluding carboxylic acids is 1. The van der Waals surface area contributed by atoms with Gasteiger partial charge in [0.25, 0.3) is 0 Å². The lowest BCUT2D eigenvalue weighted by molar-refractivity contribution is 0.0921. The number of carbonyl (C=O) groups is 1. The van der Waals surface area contributed by atoms with Gasteiger partial charge in [-0.3, -0.25) is 9.69 Å². The maximum Gasteiger partial charge on any atom is 0.176 e. The number of hydrogen-bond donors (Lipinski definition) is 0. The number of rotatable bonds is 4. The van der Waals surface area contributed by atoms with E-state index in [1.54, 1.807) is 0 Å². The van der Waals surface area contributed by atoms with Gasteiger partial charge < -0.3 is 4.74 Å². The first-order valence-electron chi connectivity index (χ1n) is 7.23. The van der Waals surface area contributed by atoms with E-state index in [0.717, 1.165) is 24.3 Å². The molecule has 0 N–H and O–H groups in total. The van der Waals surface area contributed by atoms with Gasteiger partial charge in [0.15, 0.2) is 5.78 Å². The predicted octanol–water partition coefficient (Wildman–Crippen LogP) is 2.68. The van der Waals surface area contributed by atoms with Crippen LogP contribution in [0, 0.1) is 0 Å². The van der Waals surface area contributed by atoms with Crippen LogP contribution in [0.3, 0.4) is 0 Å². The fourth-order valence-corrected chi connectivity index (χ4v) is 3.15. The molecule has 1 fully saturated rings. The molecule has 3 heteroatoms.